The highest BCUT2D eigenvalue weighted by atomic mass is 127. The number of nitrogens with zero attached hydrogens (tertiary/aromatic N) is 1. The van der Waals surface area contributed by atoms with Crippen LogP contribution in [0.4, 0.5) is 0 Å². The largest absolute Gasteiger partial charge is 0.492 e. The molecule has 6 heteroatoms. The van der Waals surface area contributed by atoms with Crippen molar-refractivity contribution in [2.24, 2.45) is 4.99 Å². The number of hydrogen-bond donors (Lipinski definition) is 0. The van der Waals surface area contributed by atoms with E-state index in [4.69, 9.17) is 9.47 Å². The SMILES string of the molecule is CCOc1c(I)cc(C=C2N=C(c3ccc4ccccc4c3)OC2=O)cc1I. The third kappa shape index (κ3) is 3.93. The van der Waals surface area contributed by atoms with Crippen molar-refractivity contribution in [3.63, 3.8) is 0 Å². The van der Waals surface area contributed by atoms with Gasteiger partial charge in [-0.15, -0.1) is 0 Å². The van der Waals surface area contributed by atoms with Gasteiger partial charge in [0.05, 0.1) is 13.7 Å². The highest BCUT2D eigenvalue weighted by Gasteiger charge is 2.24. The van der Waals surface area contributed by atoms with Crippen LogP contribution in [0.15, 0.2) is 65.3 Å². The molecular weight excluding hydrogens is 580 g/mol. The van der Waals surface area contributed by atoms with E-state index in [1.54, 1.807) is 6.08 Å². The van der Waals surface area contributed by atoms with E-state index >= 15 is 0 Å². The highest BCUT2D eigenvalue weighted by molar-refractivity contribution is 14.1. The van der Waals surface area contributed by atoms with Crippen molar-refractivity contribution in [3.05, 3.63) is 78.6 Å². The number of carbonyl (C=O) groups excluding carboxylic acids is 1. The number of hydrogen-bond acceptors (Lipinski definition) is 4. The van der Waals surface area contributed by atoms with Crippen molar-refractivity contribution in [1.29, 1.82) is 0 Å². The lowest BCUT2D eigenvalue weighted by molar-refractivity contribution is -0.129. The first kappa shape index (κ1) is 19.4. The first-order valence-electron chi connectivity index (χ1n) is 8.68. The van der Waals surface area contributed by atoms with Crippen molar-refractivity contribution < 1.29 is 14.3 Å². The van der Waals surface area contributed by atoms with E-state index in [0.717, 1.165) is 34.8 Å². The lowest BCUT2D eigenvalue weighted by Gasteiger charge is -2.09. The van der Waals surface area contributed by atoms with Crippen molar-refractivity contribution in [1.82, 2.24) is 0 Å². The minimum atomic E-state index is -0.443. The van der Waals surface area contributed by atoms with Crippen molar-refractivity contribution in [2.45, 2.75) is 6.92 Å². The lowest BCUT2D eigenvalue weighted by atomic mass is 10.1. The summed E-state index contributed by atoms with van der Waals surface area (Å²) in [4.78, 5) is 16.8. The summed E-state index contributed by atoms with van der Waals surface area (Å²) in [7, 11) is 0. The smallest absolute Gasteiger partial charge is 0.363 e. The lowest BCUT2D eigenvalue weighted by Crippen LogP contribution is -2.05. The second-order valence-corrected chi connectivity index (χ2v) is 8.47. The summed E-state index contributed by atoms with van der Waals surface area (Å²) in [5.41, 5.74) is 1.96. The maximum atomic E-state index is 12.3. The fourth-order valence-corrected chi connectivity index (χ4v) is 5.09. The Morgan fingerprint density at radius 2 is 1.75 bits per heavy atom. The third-order valence-corrected chi connectivity index (χ3v) is 5.83. The van der Waals surface area contributed by atoms with Crippen LogP contribution in [0.25, 0.3) is 16.8 Å². The molecule has 3 aromatic carbocycles. The van der Waals surface area contributed by atoms with E-state index in [0.29, 0.717) is 18.2 Å². The minimum absolute atomic E-state index is 0.291. The number of benzene rings is 3. The molecule has 0 saturated carbocycles. The van der Waals surface area contributed by atoms with Crippen molar-refractivity contribution in [3.8, 4) is 5.75 Å². The van der Waals surface area contributed by atoms with Gasteiger partial charge in [0.1, 0.15) is 5.75 Å². The predicted octanol–water partition coefficient (Wildman–Crippen LogP) is 5.79. The van der Waals surface area contributed by atoms with Gasteiger partial charge in [0.15, 0.2) is 5.70 Å². The van der Waals surface area contributed by atoms with Gasteiger partial charge in [-0.25, -0.2) is 9.79 Å². The Bertz CT molecular complexity index is 1130. The van der Waals surface area contributed by atoms with E-state index in [-0.39, 0.29) is 0 Å². The monoisotopic (exact) mass is 595 g/mol. The molecule has 0 amide bonds. The standard InChI is InChI=1S/C22H15I2NO3/c1-2-27-20-17(23)9-13(10-18(20)24)11-19-22(26)28-21(25-19)16-8-7-14-5-3-4-6-15(14)12-16/h3-12H,2H2,1H3. The Hall–Kier alpha value is -1.94. The van der Waals surface area contributed by atoms with Crippen LogP contribution in [0.2, 0.25) is 0 Å². The summed E-state index contributed by atoms with van der Waals surface area (Å²) in [6, 6.07) is 17.9. The molecule has 1 aliphatic heterocycles. The Morgan fingerprint density at radius 1 is 1.04 bits per heavy atom. The van der Waals surface area contributed by atoms with Crippen LogP contribution in [0.1, 0.15) is 18.1 Å². The molecule has 0 bridgehead atoms. The van der Waals surface area contributed by atoms with Crippen molar-refractivity contribution in [2.75, 3.05) is 6.61 Å². The zero-order valence-corrected chi connectivity index (χ0v) is 19.2. The molecule has 28 heavy (non-hydrogen) atoms. The molecule has 0 N–H and O–H groups in total. The molecule has 0 aliphatic carbocycles. The van der Waals surface area contributed by atoms with E-state index in [2.05, 4.69) is 50.2 Å². The second kappa shape index (κ2) is 8.20. The zero-order valence-electron chi connectivity index (χ0n) is 14.9. The molecule has 0 atom stereocenters. The summed E-state index contributed by atoms with van der Waals surface area (Å²) in [6.07, 6.45) is 1.75. The molecular formula is C22H15I2NO3. The predicted molar refractivity (Wildman–Crippen MR) is 128 cm³/mol. The quantitative estimate of drug-likeness (QED) is 0.218. The van der Waals surface area contributed by atoms with Gasteiger partial charge >= 0.3 is 5.97 Å². The molecule has 4 rings (SSSR count). The number of ether oxygens (including phenoxy) is 2. The summed E-state index contributed by atoms with van der Waals surface area (Å²) >= 11 is 4.47. The molecule has 0 fully saturated rings. The molecule has 0 saturated heterocycles. The molecule has 0 aromatic heterocycles. The number of cyclic esters (lactones) is 1. The van der Waals surface area contributed by atoms with Crippen LogP contribution in [-0.2, 0) is 9.53 Å². The molecule has 4 nitrogen and oxygen atoms in total. The van der Waals surface area contributed by atoms with Gasteiger partial charge in [0.2, 0.25) is 5.90 Å². The van der Waals surface area contributed by atoms with Crippen molar-refractivity contribution >= 4 is 73.9 Å². The third-order valence-electron chi connectivity index (χ3n) is 4.23. The van der Waals surface area contributed by atoms with Gasteiger partial charge in [-0.05, 0) is 98.8 Å². The number of aliphatic imine (C=N–C) groups is 1. The Balaban J connectivity index is 1.68. The zero-order chi connectivity index (χ0) is 19.7. The van der Waals surface area contributed by atoms with E-state index in [1.165, 1.54) is 0 Å². The number of carbonyl (C=O) groups is 1. The minimum Gasteiger partial charge on any atom is -0.492 e. The fraction of sp³-hybridized carbons (Fsp3) is 0.0909. The molecule has 1 heterocycles. The first-order chi connectivity index (χ1) is 13.5. The summed E-state index contributed by atoms with van der Waals surface area (Å²) in [5, 5.41) is 2.21. The maximum absolute atomic E-state index is 12.3. The van der Waals surface area contributed by atoms with Crippen LogP contribution in [0.5, 0.6) is 5.75 Å². The summed E-state index contributed by atoms with van der Waals surface area (Å²) < 4.78 is 13.1. The number of fused-ring (bicyclic) bond motifs is 1. The summed E-state index contributed by atoms with van der Waals surface area (Å²) in [6.45, 7) is 2.57. The molecule has 0 radical (unpaired) electrons. The van der Waals surface area contributed by atoms with Gasteiger partial charge in [0, 0.05) is 5.56 Å². The van der Waals surface area contributed by atoms with E-state index in [9.17, 15) is 4.79 Å². The first-order valence-corrected chi connectivity index (χ1v) is 10.8. The van der Waals surface area contributed by atoms with Crippen LogP contribution in [-0.4, -0.2) is 18.5 Å². The molecule has 0 unspecified atom stereocenters. The average molecular weight is 595 g/mol. The van der Waals surface area contributed by atoms with Gasteiger partial charge in [-0.2, -0.15) is 0 Å². The van der Waals surface area contributed by atoms with Crippen LogP contribution in [0.3, 0.4) is 0 Å². The molecule has 140 valence electrons. The second-order valence-electron chi connectivity index (χ2n) is 6.14. The van der Waals surface area contributed by atoms with Crippen LogP contribution < -0.4 is 4.74 Å². The van der Waals surface area contributed by atoms with Gasteiger partial charge in [-0.3, -0.25) is 0 Å². The van der Waals surface area contributed by atoms with Crippen LogP contribution >= 0.6 is 45.2 Å². The normalized spacial score (nSPS) is 15.0. The molecule has 1 aliphatic rings. The fourth-order valence-electron chi connectivity index (χ4n) is 2.96. The molecule has 3 aromatic rings. The average Bonchev–Trinajstić information content (AvgIpc) is 3.05. The van der Waals surface area contributed by atoms with E-state index < -0.39 is 5.97 Å². The van der Waals surface area contributed by atoms with Gasteiger partial charge < -0.3 is 9.47 Å². The van der Waals surface area contributed by atoms with Crippen LogP contribution in [0, 0.1) is 7.14 Å². The summed E-state index contributed by atoms with van der Waals surface area (Å²) in [5.74, 6) is 0.750. The topological polar surface area (TPSA) is 47.9 Å². The highest BCUT2D eigenvalue weighted by Crippen LogP contribution is 2.30. The van der Waals surface area contributed by atoms with Gasteiger partial charge in [0.25, 0.3) is 0 Å². The number of rotatable bonds is 4. The number of esters is 1. The maximum Gasteiger partial charge on any atom is 0.363 e. The Labute approximate surface area is 189 Å². The number of halogens is 2. The van der Waals surface area contributed by atoms with Gasteiger partial charge in [-0.1, -0.05) is 30.3 Å². The molecule has 0 spiro atoms. The Kier molecular flexibility index (Phi) is 5.68. The Morgan fingerprint density at radius 3 is 2.46 bits per heavy atom. The van der Waals surface area contributed by atoms with E-state index in [1.807, 2.05) is 61.5 Å².